The average molecular weight is 311 g/mol. The quantitative estimate of drug-likeness (QED) is 0.599. The number of fused-ring (bicyclic) bond motifs is 1. The topological polar surface area (TPSA) is 107 Å². The normalized spacial score (nSPS) is 14.0. The molecule has 0 aliphatic heterocycles. The number of carbonyl (C=O) groups excluding carboxylic acids is 1. The van der Waals surface area contributed by atoms with E-state index in [9.17, 15) is 9.00 Å². The molecule has 1 amide bonds. The average Bonchev–Trinajstić information content (AvgIpc) is 2.88. The van der Waals surface area contributed by atoms with Gasteiger partial charge in [-0.2, -0.15) is 0 Å². The zero-order chi connectivity index (χ0) is 15.4. The van der Waals surface area contributed by atoms with Crippen molar-refractivity contribution >= 4 is 33.5 Å². The first-order valence-corrected chi connectivity index (χ1v) is 7.57. The highest BCUT2D eigenvalue weighted by molar-refractivity contribution is 7.86. The zero-order valence-electron chi connectivity index (χ0n) is 11.8. The molecule has 3 N–H and O–H groups in total. The van der Waals surface area contributed by atoms with Crippen molar-refractivity contribution < 1.29 is 18.2 Å². The van der Waals surface area contributed by atoms with Crippen molar-refractivity contribution in [3.63, 3.8) is 0 Å². The number of nitrogens with zero attached hydrogens (tertiary/aromatic N) is 1. The van der Waals surface area contributed by atoms with E-state index < -0.39 is 16.0 Å². The van der Waals surface area contributed by atoms with Crippen LogP contribution in [0.15, 0.2) is 27.8 Å². The number of nitrogens with one attached hydrogen (secondary N) is 1. The maximum atomic E-state index is 12.3. The molecule has 114 valence electrons. The summed E-state index contributed by atoms with van der Waals surface area (Å²) in [6, 6.07) is 4.96. The number of carbonyl (C=O) groups is 1. The standard InChI is InChI=1S/C13H17N3O4S/c1-8(12(17)15-5-6-19-2)21(18)13-16-10-4-3-9(14)7-11(10)20-13/h3-4,7-8H,5-6,14H2,1-2H3,(H,15,17). The maximum Gasteiger partial charge on any atom is 0.288 e. The molecular weight excluding hydrogens is 294 g/mol. The van der Waals surface area contributed by atoms with Crippen LogP contribution in [0.25, 0.3) is 11.1 Å². The summed E-state index contributed by atoms with van der Waals surface area (Å²) >= 11 is 0. The number of hydrogen-bond donors (Lipinski definition) is 2. The molecule has 7 nitrogen and oxygen atoms in total. The fourth-order valence-corrected chi connectivity index (χ4v) is 2.62. The molecule has 1 aromatic heterocycles. The van der Waals surface area contributed by atoms with Crippen LogP contribution in [0.5, 0.6) is 0 Å². The molecule has 0 aliphatic rings. The van der Waals surface area contributed by atoms with E-state index in [-0.39, 0.29) is 11.1 Å². The lowest BCUT2D eigenvalue weighted by molar-refractivity contribution is -0.120. The lowest BCUT2D eigenvalue weighted by atomic mass is 10.3. The molecule has 21 heavy (non-hydrogen) atoms. The molecule has 2 aromatic rings. The van der Waals surface area contributed by atoms with Crippen LogP contribution in [-0.4, -0.2) is 40.6 Å². The molecule has 0 radical (unpaired) electrons. The van der Waals surface area contributed by atoms with Crippen LogP contribution >= 0.6 is 0 Å². The van der Waals surface area contributed by atoms with Gasteiger partial charge in [-0.05, 0) is 19.1 Å². The summed E-state index contributed by atoms with van der Waals surface area (Å²) < 4.78 is 22.6. The number of hydrogen-bond acceptors (Lipinski definition) is 6. The molecule has 2 unspecified atom stereocenters. The van der Waals surface area contributed by atoms with E-state index in [2.05, 4.69) is 10.3 Å². The van der Waals surface area contributed by atoms with Crippen molar-refractivity contribution in [3.8, 4) is 0 Å². The van der Waals surface area contributed by atoms with Crippen molar-refractivity contribution in [2.75, 3.05) is 26.0 Å². The molecule has 0 fully saturated rings. The molecule has 0 saturated carbocycles. The zero-order valence-corrected chi connectivity index (χ0v) is 12.6. The highest BCUT2D eigenvalue weighted by atomic mass is 32.2. The molecule has 8 heteroatoms. The Bertz CT molecular complexity index is 670. The molecule has 0 spiro atoms. The van der Waals surface area contributed by atoms with Crippen molar-refractivity contribution in [1.82, 2.24) is 10.3 Å². The fraction of sp³-hybridized carbons (Fsp3) is 0.385. The molecule has 0 saturated heterocycles. The molecule has 0 bridgehead atoms. The Morgan fingerprint density at radius 3 is 3.05 bits per heavy atom. The van der Waals surface area contributed by atoms with Gasteiger partial charge in [0.25, 0.3) is 5.22 Å². The van der Waals surface area contributed by atoms with Crippen LogP contribution in [-0.2, 0) is 20.3 Å². The predicted octanol–water partition coefficient (Wildman–Crippen LogP) is 0.669. The first-order chi connectivity index (χ1) is 10.0. The third-order valence-electron chi connectivity index (χ3n) is 2.86. The Morgan fingerprint density at radius 2 is 2.33 bits per heavy atom. The first kappa shape index (κ1) is 15.5. The Labute approximate surface area is 124 Å². The monoisotopic (exact) mass is 311 g/mol. The summed E-state index contributed by atoms with van der Waals surface area (Å²) in [6.45, 7) is 2.32. The minimum atomic E-state index is -1.67. The highest BCUT2D eigenvalue weighted by Gasteiger charge is 2.25. The first-order valence-electron chi connectivity index (χ1n) is 6.36. The Hall–Kier alpha value is -1.93. The van der Waals surface area contributed by atoms with Gasteiger partial charge in [0.15, 0.2) is 5.58 Å². The van der Waals surface area contributed by atoms with Crippen molar-refractivity contribution in [2.24, 2.45) is 0 Å². The number of nitrogens with two attached hydrogens (primary N) is 1. The smallest absolute Gasteiger partial charge is 0.288 e. The minimum absolute atomic E-state index is 0.0185. The lowest BCUT2D eigenvalue weighted by Crippen LogP contribution is -2.37. The van der Waals surface area contributed by atoms with Crippen molar-refractivity contribution in [1.29, 1.82) is 0 Å². The molecule has 0 aliphatic carbocycles. The van der Waals surface area contributed by atoms with Crippen LogP contribution in [0, 0.1) is 0 Å². The molecule has 1 heterocycles. The number of oxazole rings is 1. The van der Waals surface area contributed by atoms with Gasteiger partial charge < -0.3 is 20.2 Å². The van der Waals surface area contributed by atoms with Crippen LogP contribution in [0.2, 0.25) is 0 Å². The summed E-state index contributed by atoms with van der Waals surface area (Å²) in [4.78, 5) is 16.0. The van der Waals surface area contributed by atoms with Gasteiger partial charge >= 0.3 is 0 Å². The van der Waals surface area contributed by atoms with E-state index in [1.807, 2.05) is 0 Å². The van der Waals surface area contributed by atoms with Gasteiger partial charge in [0.2, 0.25) is 5.91 Å². The van der Waals surface area contributed by atoms with Gasteiger partial charge in [0.1, 0.15) is 21.6 Å². The number of amides is 1. The van der Waals surface area contributed by atoms with Gasteiger partial charge in [0.05, 0.1) is 6.61 Å². The molecule has 2 atom stereocenters. The van der Waals surface area contributed by atoms with Crippen LogP contribution < -0.4 is 11.1 Å². The van der Waals surface area contributed by atoms with Crippen LogP contribution in [0.4, 0.5) is 5.69 Å². The second-order valence-electron chi connectivity index (χ2n) is 4.43. The predicted molar refractivity (Wildman–Crippen MR) is 79.2 cm³/mol. The molecule has 2 rings (SSSR count). The van der Waals surface area contributed by atoms with Crippen molar-refractivity contribution in [2.45, 2.75) is 17.4 Å². The van der Waals surface area contributed by atoms with Gasteiger partial charge in [-0.15, -0.1) is 0 Å². The highest BCUT2D eigenvalue weighted by Crippen LogP contribution is 2.21. The van der Waals surface area contributed by atoms with E-state index in [4.69, 9.17) is 14.9 Å². The number of ether oxygens (including phenoxy) is 1. The van der Waals surface area contributed by atoms with Gasteiger partial charge in [-0.25, -0.2) is 9.19 Å². The number of nitrogen functional groups attached to an aromatic ring is 1. The van der Waals surface area contributed by atoms with Gasteiger partial charge in [0, 0.05) is 25.4 Å². The maximum absolute atomic E-state index is 12.3. The van der Waals surface area contributed by atoms with Crippen LogP contribution in [0.3, 0.4) is 0 Å². The third kappa shape index (κ3) is 3.59. The second kappa shape index (κ2) is 6.68. The Balaban J connectivity index is 2.11. The summed E-state index contributed by atoms with van der Waals surface area (Å²) in [7, 11) is -0.135. The van der Waals surface area contributed by atoms with E-state index in [1.54, 1.807) is 25.1 Å². The summed E-state index contributed by atoms with van der Waals surface area (Å²) in [5.74, 6) is -0.341. The number of benzene rings is 1. The summed E-state index contributed by atoms with van der Waals surface area (Å²) in [5.41, 5.74) is 7.18. The number of aromatic nitrogens is 1. The van der Waals surface area contributed by atoms with Crippen molar-refractivity contribution in [3.05, 3.63) is 18.2 Å². The Kier molecular flexibility index (Phi) is 4.92. The molecular formula is C13H17N3O4S. The molecule has 1 aromatic carbocycles. The summed E-state index contributed by atoms with van der Waals surface area (Å²) in [5, 5.41) is 1.88. The van der Waals surface area contributed by atoms with E-state index in [0.717, 1.165) is 0 Å². The number of anilines is 1. The van der Waals surface area contributed by atoms with E-state index in [0.29, 0.717) is 29.9 Å². The van der Waals surface area contributed by atoms with Gasteiger partial charge in [-0.1, -0.05) is 0 Å². The summed E-state index contributed by atoms with van der Waals surface area (Å²) in [6.07, 6.45) is 0. The number of methoxy groups -OCH3 is 1. The SMILES string of the molecule is COCCNC(=O)C(C)S(=O)c1nc2ccc(N)cc2o1. The third-order valence-corrected chi connectivity index (χ3v) is 4.24. The van der Waals surface area contributed by atoms with Gasteiger partial charge in [-0.3, -0.25) is 4.79 Å². The van der Waals surface area contributed by atoms with E-state index in [1.165, 1.54) is 7.11 Å². The van der Waals surface area contributed by atoms with Crippen LogP contribution in [0.1, 0.15) is 6.92 Å². The second-order valence-corrected chi connectivity index (χ2v) is 6.08. The lowest BCUT2D eigenvalue weighted by Gasteiger charge is -2.09. The minimum Gasteiger partial charge on any atom is -0.430 e. The van der Waals surface area contributed by atoms with E-state index >= 15 is 0 Å². The fourth-order valence-electron chi connectivity index (χ4n) is 1.67. The number of rotatable bonds is 6. The Morgan fingerprint density at radius 1 is 1.57 bits per heavy atom. The largest absolute Gasteiger partial charge is 0.430 e.